The van der Waals surface area contributed by atoms with Gasteiger partial charge in [0.05, 0.1) is 13.8 Å². The molecule has 0 N–H and O–H groups in total. The van der Waals surface area contributed by atoms with Crippen LogP contribution in [0, 0.1) is 0 Å². The van der Waals surface area contributed by atoms with Crippen LogP contribution < -0.4 is 4.50 Å². The second kappa shape index (κ2) is 4.74. The van der Waals surface area contributed by atoms with Crippen LogP contribution in [-0.4, -0.2) is 13.1 Å². The van der Waals surface area contributed by atoms with Crippen LogP contribution in [0.2, 0.25) is 19.6 Å². The molecule has 16 heavy (non-hydrogen) atoms. The molecule has 1 aliphatic carbocycles. The van der Waals surface area contributed by atoms with E-state index in [-0.39, 0.29) is 0 Å². The van der Waals surface area contributed by atoms with Crippen molar-refractivity contribution >= 4 is 39.8 Å². The summed E-state index contributed by atoms with van der Waals surface area (Å²) in [4.78, 5) is 4.72. The van der Waals surface area contributed by atoms with E-state index in [9.17, 15) is 0 Å². The van der Waals surface area contributed by atoms with E-state index in [1.807, 2.05) is 11.3 Å². The third kappa shape index (κ3) is 2.66. The first-order valence-electron chi connectivity index (χ1n) is 5.82. The van der Waals surface area contributed by atoms with Gasteiger partial charge >= 0.3 is 0 Å². The third-order valence-corrected chi connectivity index (χ3v) is 8.01. The molecule has 0 aliphatic heterocycles. The molecule has 1 heterocycles. The first kappa shape index (κ1) is 12.5. The van der Waals surface area contributed by atoms with Crippen molar-refractivity contribution < 1.29 is 0 Å². The molecule has 0 spiro atoms. The molecule has 88 valence electrons. The number of hydrogen-bond donors (Lipinski definition) is 0. The molecule has 0 saturated carbocycles. The van der Waals surface area contributed by atoms with E-state index >= 15 is 0 Å². The molecule has 0 saturated heterocycles. The van der Waals surface area contributed by atoms with Gasteiger partial charge in [0.1, 0.15) is 0 Å². The van der Waals surface area contributed by atoms with E-state index in [0.717, 1.165) is 3.92 Å². The summed E-state index contributed by atoms with van der Waals surface area (Å²) in [7, 11) is -1.25. The Balaban J connectivity index is 2.39. The minimum absolute atomic E-state index is 0.568. The van der Waals surface area contributed by atoms with E-state index < -0.39 is 8.07 Å². The van der Waals surface area contributed by atoms with E-state index in [4.69, 9.17) is 4.98 Å². The average molecular weight is 316 g/mol. The topological polar surface area (TPSA) is 12.9 Å². The van der Waals surface area contributed by atoms with Crippen LogP contribution in [0.4, 0.5) is 0 Å². The lowest BCUT2D eigenvalue weighted by atomic mass is 9.94. The number of hydrogen-bond acceptors (Lipinski definition) is 2. The van der Waals surface area contributed by atoms with Crippen molar-refractivity contribution in [2.24, 2.45) is 0 Å². The quantitative estimate of drug-likeness (QED) is 0.586. The summed E-state index contributed by atoms with van der Waals surface area (Å²) >= 11 is 5.40. The van der Waals surface area contributed by atoms with Crippen LogP contribution >= 0.6 is 27.3 Å². The molecule has 0 bridgehead atoms. The Morgan fingerprint density at radius 2 is 2.19 bits per heavy atom. The van der Waals surface area contributed by atoms with Crippen molar-refractivity contribution in [2.45, 2.75) is 44.8 Å². The number of allylic oxidation sites excluding steroid dienone is 2. The number of aromatic nitrogens is 1. The summed E-state index contributed by atoms with van der Waals surface area (Å²) < 4.78 is 2.62. The molecule has 2 rings (SSSR count). The Labute approximate surface area is 111 Å². The van der Waals surface area contributed by atoms with Crippen LogP contribution in [0.5, 0.6) is 0 Å². The smallest absolute Gasteiger partial charge is 0.159 e. The predicted molar refractivity (Wildman–Crippen MR) is 78.5 cm³/mol. The number of thiazole rings is 1. The summed E-state index contributed by atoms with van der Waals surface area (Å²) in [6.45, 7) is 7.22. The van der Waals surface area contributed by atoms with Gasteiger partial charge in [-0.2, -0.15) is 0 Å². The minimum atomic E-state index is -1.25. The van der Waals surface area contributed by atoms with Crippen molar-refractivity contribution in [2.75, 3.05) is 0 Å². The number of halogens is 1. The molecule has 1 aromatic heterocycles. The molecule has 1 atom stereocenters. The van der Waals surface area contributed by atoms with Crippen molar-refractivity contribution in [1.82, 2.24) is 4.98 Å². The Hall–Kier alpha value is 0.0669. The summed E-state index contributed by atoms with van der Waals surface area (Å²) in [6, 6.07) is 0. The van der Waals surface area contributed by atoms with E-state index in [0.29, 0.717) is 5.92 Å². The first-order chi connectivity index (χ1) is 7.48. The van der Waals surface area contributed by atoms with Crippen LogP contribution in [0.1, 0.15) is 30.9 Å². The Kier molecular flexibility index (Phi) is 3.71. The maximum absolute atomic E-state index is 4.72. The zero-order chi connectivity index (χ0) is 11.8. The van der Waals surface area contributed by atoms with E-state index in [2.05, 4.69) is 47.7 Å². The monoisotopic (exact) mass is 315 g/mol. The van der Waals surface area contributed by atoms with Crippen molar-refractivity contribution in [3.05, 3.63) is 21.8 Å². The standard InChI is InChI=1S/C12H18BrNSSi/c1-16(2,3)11-10(14-12(13)15-11)9-7-5-4-6-8-9/h5,7,9H,4,6,8H2,1-3H3. The minimum Gasteiger partial charge on any atom is -0.234 e. The average Bonchev–Trinajstić information content (AvgIpc) is 2.61. The third-order valence-electron chi connectivity index (χ3n) is 2.91. The number of nitrogens with zero attached hydrogens (tertiary/aromatic N) is 1. The molecule has 1 unspecified atom stereocenters. The normalized spacial score (nSPS) is 21.4. The van der Waals surface area contributed by atoms with E-state index in [1.165, 1.54) is 25.0 Å². The largest absolute Gasteiger partial charge is 0.234 e. The predicted octanol–water partition coefficient (Wildman–Crippen LogP) is 4.27. The van der Waals surface area contributed by atoms with Gasteiger partial charge in [0.25, 0.3) is 0 Å². The zero-order valence-electron chi connectivity index (χ0n) is 10.1. The summed E-state index contributed by atoms with van der Waals surface area (Å²) in [5.41, 5.74) is 1.35. The number of rotatable bonds is 2. The lowest BCUT2D eigenvalue weighted by Crippen LogP contribution is -2.38. The molecular formula is C12H18BrNSSi. The molecule has 0 amide bonds. The fraction of sp³-hybridized carbons (Fsp3) is 0.583. The fourth-order valence-electron chi connectivity index (χ4n) is 2.13. The molecule has 4 heteroatoms. The molecule has 0 aromatic carbocycles. The van der Waals surface area contributed by atoms with Gasteiger partial charge in [-0.1, -0.05) is 31.8 Å². The van der Waals surface area contributed by atoms with Gasteiger partial charge in [0, 0.05) is 10.4 Å². The molecule has 1 nitrogen and oxygen atoms in total. The summed E-state index contributed by atoms with van der Waals surface area (Å²) in [5.74, 6) is 0.568. The highest BCUT2D eigenvalue weighted by molar-refractivity contribution is 9.11. The van der Waals surface area contributed by atoms with Gasteiger partial charge in [-0.15, -0.1) is 11.3 Å². The van der Waals surface area contributed by atoms with Crippen LogP contribution in [0.3, 0.4) is 0 Å². The van der Waals surface area contributed by atoms with Crippen molar-refractivity contribution in [3.63, 3.8) is 0 Å². The van der Waals surface area contributed by atoms with Gasteiger partial charge in [-0.25, -0.2) is 4.98 Å². The fourth-order valence-corrected chi connectivity index (χ4v) is 6.40. The summed E-state index contributed by atoms with van der Waals surface area (Å²) in [5, 5.41) is 0. The molecular weight excluding hydrogens is 298 g/mol. The highest BCUT2D eigenvalue weighted by atomic mass is 79.9. The maximum atomic E-state index is 4.72. The van der Waals surface area contributed by atoms with Gasteiger partial charge in [-0.05, 0) is 35.2 Å². The second-order valence-corrected chi connectivity index (χ2v) is 13.0. The Morgan fingerprint density at radius 3 is 2.75 bits per heavy atom. The SMILES string of the molecule is C[Si](C)(C)c1sc(Br)nc1C1C=CCCC1. The maximum Gasteiger partial charge on any atom is 0.159 e. The van der Waals surface area contributed by atoms with Crippen LogP contribution in [0.25, 0.3) is 0 Å². The van der Waals surface area contributed by atoms with Crippen LogP contribution in [-0.2, 0) is 0 Å². The molecule has 0 radical (unpaired) electrons. The molecule has 0 fully saturated rings. The molecule has 1 aliphatic rings. The highest BCUT2D eigenvalue weighted by Crippen LogP contribution is 2.30. The summed E-state index contributed by atoms with van der Waals surface area (Å²) in [6.07, 6.45) is 8.49. The Morgan fingerprint density at radius 1 is 1.44 bits per heavy atom. The second-order valence-electron chi connectivity index (χ2n) is 5.40. The van der Waals surface area contributed by atoms with Crippen molar-refractivity contribution in [3.8, 4) is 0 Å². The lowest BCUT2D eigenvalue weighted by molar-refractivity contribution is 0.645. The van der Waals surface area contributed by atoms with E-state index in [1.54, 1.807) is 4.50 Å². The highest BCUT2D eigenvalue weighted by Gasteiger charge is 2.28. The molecule has 1 aromatic rings. The first-order valence-corrected chi connectivity index (χ1v) is 10.9. The Bertz CT molecular complexity index is 406. The zero-order valence-corrected chi connectivity index (χ0v) is 13.5. The van der Waals surface area contributed by atoms with Gasteiger partial charge in [-0.3, -0.25) is 0 Å². The van der Waals surface area contributed by atoms with Gasteiger partial charge in [0.2, 0.25) is 0 Å². The van der Waals surface area contributed by atoms with Crippen LogP contribution in [0.15, 0.2) is 16.1 Å². The van der Waals surface area contributed by atoms with Crippen molar-refractivity contribution in [1.29, 1.82) is 0 Å². The van der Waals surface area contributed by atoms with Gasteiger partial charge in [0.15, 0.2) is 3.92 Å². The van der Waals surface area contributed by atoms with Gasteiger partial charge < -0.3 is 0 Å². The lowest BCUT2D eigenvalue weighted by Gasteiger charge is -2.21.